The Morgan fingerprint density at radius 1 is 1.27 bits per heavy atom. The second-order valence-electron chi connectivity index (χ2n) is 7.30. The summed E-state index contributed by atoms with van der Waals surface area (Å²) in [5, 5.41) is 2.29. The maximum Gasteiger partial charge on any atom is 0.127 e. The van der Waals surface area contributed by atoms with Gasteiger partial charge in [-0.2, -0.15) is 0 Å². The zero-order valence-electron chi connectivity index (χ0n) is 14.0. The number of rotatable bonds is 3. The standard InChI is InChI=1S/C19H26N2O/c1-5-21-13-15(11-18(21)19(2,3)4)22-17-8-6-7-14-12-20-10-9-16(14)17/h6-10,12,15,18H,5,11,13H2,1-4H3. The zero-order valence-corrected chi connectivity index (χ0v) is 14.0. The number of hydrogen-bond donors (Lipinski definition) is 0. The van der Waals surface area contributed by atoms with E-state index in [1.54, 1.807) is 0 Å². The Hall–Kier alpha value is -1.61. The summed E-state index contributed by atoms with van der Waals surface area (Å²) in [6, 6.07) is 8.83. The van der Waals surface area contributed by atoms with Gasteiger partial charge in [0.05, 0.1) is 0 Å². The number of hydrogen-bond acceptors (Lipinski definition) is 3. The molecule has 1 saturated heterocycles. The van der Waals surface area contributed by atoms with Gasteiger partial charge in [0.1, 0.15) is 11.9 Å². The number of fused-ring (bicyclic) bond motifs is 1. The van der Waals surface area contributed by atoms with Crippen molar-refractivity contribution < 1.29 is 4.74 Å². The third-order valence-corrected chi connectivity index (χ3v) is 4.71. The summed E-state index contributed by atoms with van der Waals surface area (Å²) in [5.41, 5.74) is 0.288. The van der Waals surface area contributed by atoms with Gasteiger partial charge in [0.15, 0.2) is 0 Å². The van der Waals surface area contributed by atoms with E-state index in [0.717, 1.165) is 36.0 Å². The number of likely N-dealkylation sites (tertiary alicyclic amines) is 1. The first-order valence-corrected chi connectivity index (χ1v) is 8.22. The maximum absolute atomic E-state index is 6.38. The number of likely N-dealkylation sites (N-methyl/N-ethyl adjacent to an activating group) is 1. The van der Waals surface area contributed by atoms with Crippen molar-refractivity contribution in [1.29, 1.82) is 0 Å². The van der Waals surface area contributed by atoms with E-state index in [-0.39, 0.29) is 11.5 Å². The smallest absolute Gasteiger partial charge is 0.127 e. The van der Waals surface area contributed by atoms with Gasteiger partial charge >= 0.3 is 0 Å². The van der Waals surface area contributed by atoms with E-state index in [1.165, 1.54) is 0 Å². The van der Waals surface area contributed by atoms with Gasteiger partial charge in [0, 0.05) is 42.2 Å². The minimum Gasteiger partial charge on any atom is -0.488 e. The number of nitrogens with zero attached hydrogens (tertiary/aromatic N) is 2. The van der Waals surface area contributed by atoms with Crippen LogP contribution in [-0.4, -0.2) is 35.1 Å². The number of pyridine rings is 1. The van der Waals surface area contributed by atoms with Crippen LogP contribution in [0.2, 0.25) is 0 Å². The van der Waals surface area contributed by atoms with Crippen molar-refractivity contribution in [2.45, 2.75) is 46.3 Å². The Labute approximate surface area is 133 Å². The SMILES string of the molecule is CCN1CC(Oc2cccc3cnccc23)CC1C(C)(C)C. The Kier molecular flexibility index (Phi) is 4.09. The van der Waals surface area contributed by atoms with Crippen molar-refractivity contribution in [2.24, 2.45) is 5.41 Å². The molecule has 2 aromatic rings. The van der Waals surface area contributed by atoms with Crippen LogP contribution < -0.4 is 4.74 Å². The van der Waals surface area contributed by atoms with Gasteiger partial charge < -0.3 is 4.74 Å². The summed E-state index contributed by atoms with van der Waals surface area (Å²) in [5.74, 6) is 0.982. The lowest BCUT2D eigenvalue weighted by Crippen LogP contribution is -2.39. The number of aromatic nitrogens is 1. The molecule has 0 bridgehead atoms. The molecule has 118 valence electrons. The first kappa shape index (κ1) is 15.3. The number of benzene rings is 1. The molecular formula is C19H26N2O. The molecule has 0 aliphatic carbocycles. The van der Waals surface area contributed by atoms with E-state index in [0.29, 0.717) is 6.04 Å². The van der Waals surface area contributed by atoms with Crippen LogP contribution in [0.15, 0.2) is 36.7 Å². The molecule has 1 fully saturated rings. The van der Waals surface area contributed by atoms with Crippen molar-refractivity contribution in [2.75, 3.05) is 13.1 Å². The van der Waals surface area contributed by atoms with Gasteiger partial charge in [-0.05, 0) is 24.1 Å². The summed E-state index contributed by atoms with van der Waals surface area (Å²) in [6.07, 6.45) is 5.09. The van der Waals surface area contributed by atoms with Gasteiger partial charge in [0.25, 0.3) is 0 Å². The molecule has 2 unspecified atom stereocenters. The fourth-order valence-electron chi connectivity index (χ4n) is 3.57. The van der Waals surface area contributed by atoms with Gasteiger partial charge in [0.2, 0.25) is 0 Å². The molecular weight excluding hydrogens is 272 g/mol. The van der Waals surface area contributed by atoms with Crippen LogP contribution in [0.5, 0.6) is 5.75 Å². The van der Waals surface area contributed by atoms with Crippen LogP contribution in [0.3, 0.4) is 0 Å². The molecule has 1 aliphatic heterocycles. The van der Waals surface area contributed by atoms with Crippen molar-refractivity contribution in [3.8, 4) is 5.75 Å². The summed E-state index contributed by atoms with van der Waals surface area (Å²) < 4.78 is 6.38. The molecule has 22 heavy (non-hydrogen) atoms. The number of ether oxygens (including phenoxy) is 1. The van der Waals surface area contributed by atoms with E-state index >= 15 is 0 Å². The highest BCUT2D eigenvalue weighted by atomic mass is 16.5. The largest absolute Gasteiger partial charge is 0.488 e. The minimum atomic E-state index is 0.267. The predicted molar refractivity (Wildman–Crippen MR) is 91.3 cm³/mol. The first-order chi connectivity index (χ1) is 10.5. The predicted octanol–water partition coefficient (Wildman–Crippen LogP) is 4.12. The second kappa shape index (κ2) is 5.88. The molecule has 3 heteroatoms. The monoisotopic (exact) mass is 298 g/mol. The summed E-state index contributed by atoms with van der Waals surface area (Å²) >= 11 is 0. The van der Waals surface area contributed by atoms with Crippen LogP contribution in [-0.2, 0) is 0 Å². The lowest BCUT2D eigenvalue weighted by atomic mass is 9.85. The lowest BCUT2D eigenvalue weighted by molar-refractivity contribution is 0.147. The fraction of sp³-hybridized carbons (Fsp3) is 0.526. The Morgan fingerprint density at radius 2 is 2.09 bits per heavy atom. The average Bonchev–Trinajstić information content (AvgIpc) is 2.91. The Morgan fingerprint density at radius 3 is 2.77 bits per heavy atom. The zero-order chi connectivity index (χ0) is 15.7. The van der Waals surface area contributed by atoms with Crippen LogP contribution in [0.4, 0.5) is 0 Å². The quantitative estimate of drug-likeness (QED) is 0.852. The molecule has 0 spiro atoms. The second-order valence-corrected chi connectivity index (χ2v) is 7.30. The molecule has 2 heterocycles. The minimum absolute atomic E-state index is 0.267. The van der Waals surface area contributed by atoms with E-state index in [2.05, 4.69) is 49.7 Å². The van der Waals surface area contributed by atoms with Crippen molar-refractivity contribution in [3.63, 3.8) is 0 Å². The average molecular weight is 298 g/mol. The van der Waals surface area contributed by atoms with E-state index < -0.39 is 0 Å². The van der Waals surface area contributed by atoms with Crippen LogP contribution in [0.1, 0.15) is 34.1 Å². The highest BCUT2D eigenvalue weighted by molar-refractivity contribution is 5.87. The van der Waals surface area contributed by atoms with Crippen molar-refractivity contribution in [3.05, 3.63) is 36.7 Å². The van der Waals surface area contributed by atoms with Crippen molar-refractivity contribution in [1.82, 2.24) is 9.88 Å². The van der Waals surface area contributed by atoms with Crippen LogP contribution >= 0.6 is 0 Å². The van der Waals surface area contributed by atoms with E-state index in [1.807, 2.05) is 24.5 Å². The summed E-state index contributed by atoms with van der Waals surface area (Å²) in [6.45, 7) is 11.3. The van der Waals surface area contributed by atoms with Gasteiger partial charge in [-0.1, -0.05) is 39.8 Å². The fourth-order valence-corrected chi connectivity index (χ4v) is 3.57. The van der Waals surface area contributed by atoms with E-state index in [4.69, 9.17) is 4.74 Å². The van der Waals surface area contributed by atoms with Gasteiger partial charge in [-0.3, -0.25) is 9.88 Å². The molecule has 0 saturated carbocycles. The third-order valence-electron chi connectivity index (χ3n) is 4.71. The van der Waals surface area contributed by atoms with Crippen LogP contribution in [0.25, 0.3) is 10.8 Å². The van der Waals surface area contributed by atoms with Gasteiger partial charge in [-0.15, -0.1) is 0 Å². The first-order valence-electron chi connectivity index (χ1n) is 8.22. The summed E-state index contributed by atoms with van der Waals surface area (Å²) in [7, 11) is 0. The normalized spacial score (nSPS) is 23.1. The van der Waals surface area contributed by atoms with Crippen LogP contribution in [0, 0.1) is 5.41 Å². The summed E-state index contributed by atoms with van der Waals surface area (Å²) in [4.78, 5) is 6.74. The molecule has 0 radical (unpaired) electrons. The molecule has 2 atom stereocenters. The highest BCUT2D eigenvalue weighted by Gasteiger charge is 2.39. The molecule has 1 aromatic heterocycles. The Bertz CT molecular complexity index is 642. The Balaban J connectivity index is 1.81. The van der Waals surface area contributed by atoms with Crippen molar-refractivity contribution >= 4 is 10.8 Å². The van der Waals surface area contributed by atoms with E-state index in [9.17, 15) is 0 Å². The lowest BCUT2D eigenvalue weighted by Gasteiger charge is -2.33. The molecule has 0 amide bonds. The molecule has 0 N–H and O–H groups in total. The van der Waals surface area contributed by atoms with Gasteiger partial charge in [-0.25, -0.2) is 0 Å². The third kappa shape index (κ3) is 2.95. The molecule has 1 aromatic carbocycles. The highest BCUT2D eigenvalue weighted by Crippen LogP contribution is 2.35. The molecule has 3 rings (SSSR count). The molecule has 3 nitrogen and oxygen atoms in total. The maximum atomic E-state index is 6.38. The topological polar surface area (TPSA) is 25.4 Å². The molecule has 1 aliphatic rings.